The van der Waals surface area contributed by atoms with E-state index in [1.165, 1.54) is 18.2 Å². The normalized spacial score (nSPS) is 16.8. The Morgan fingerprint density at radius 2 is 1.77 bits per heavy atom. The summed E-state index contributed by atoms with van der Waals surface area (Å²) in [6.07, 6.45) is -13.9. The van der Waals surface area contributed by atoms with Crippen LogP contribution in [0.15, 0.2) is 42.5 Å². The molecular formula is C17H11F7N2O4. The van der Waals surface area contributed by atoms with Gasteiger partial charge in [0.15, 0.2) is 0 Å². The Bertz CT molecular complexity index is 950. The third-order valence-electron chi connectivity index (χ3n) is 3.66. The van der Waals surface area contributed by atoms with Gasteiger partial charge >= 0.3 is 24.8 Å². The molecule has 0 spiro atoms. The first-order valence-electron chi connectivity index (χ1n) is 8.02. The smallest absolute Gasteiger partial charge is 0.409 e. The zero-order valence-corrected chi connectivity index (χ0v) is 14.5. The van der Waals surface area contributed by atoms with E-state index in [4.69, 9.17) is 0 Å². The highest BCUT2D eigenvalue weighted by molar-refractivity contribution is 5.89. The molecular weight excluding hydrogens is 429 g/mol. The summed E-state index contributed by atoms with van der Waals surface area (Å²) in [4.78, 5) is 12.0. The van der Waals surface area contributed by atoms with E-state index >= 15 is 0 Å². The number of amides is 2. The Morgan fingerprint density at radius 3 is 2.47 bits per heavy atom. The minimum Gasteiger partial charge on any atom is -0.409 e. The average molecular weight is 440 g/mol. The summed E-state index contributed by atoms with van der Waals surface area (Å²) in [6, 6.07) is 6.51. The fraction of sp³-hybridized carbons (Fsp3) is 0.235. The van der Waals surface area contributed by atoms with Crippen LogP contribution in [0.4, 0.5) is 41.2 Å². The molecule has 162 valence electrons. The monoisotopic (exact) mass is 440 g/mol. The molecule has 6 nitrogen and oxygen atoms in total. The number of ether oxygens (including phenoxy) is 3. The number of benzene rings is 2. The van der Waals surface area contributed by atoms with Crippen molar-refractivity contribution in [2.75, 3.05) is 5.32 Å². The van der Waals surface area contributed by atoms with Gasteiger partial charge < -0.3 is 20.1 Å². The van der Waals surface area contributed by atoms with E-state index in [1.807, 2.05) is 0 Å². The Morgan fingerprint density at radius 1 is 1.07 bits per heavy atom. The molecule has 1 heterocycles. The van der Waals surface area contributed by atoms with Crippen LogP contribution in [0, 0.1) is 0 Å². The maximum atomic E-state index is 13.7. The van der Waals surface area contributed by atoms with Gasteiger partial charge in [-0.2, -0.15) is 8.78 Å². The SMILES string of the molecule is O=C(NCc1ccccc1OC(F)(F)F)Nc1ccc2c(c1)C(F)(F)OC(F)(F)O2. The van der Waals surface area contributed by atoms with Crippen LogP contribution in [0.25, 0.3) is 0 Å². The van der Waals surface area contributed by atoms with Gasteiger partial charge in [0.25, 0.3) is 0 Å². The molecule has 2 N–H and O–H groups in total. The van der Waals surface area contributed by atoms with E-state index in [0.717, 1.165) is 18.2 Å². The summed E-state index contributed by atoms with van der Waals surface area (Å²) in [7, 11) is 0. The molecule has 0 atom stereocenters. The van der Waals surface area contributed by atoms with Gasteiger partial charge in [-0.05, 0) is 24.3 Å². The summed E-state index contributed by atoms with van der Waals surface area (Å²) in [5.41, 5.74) is -1.29. The molecule has 0 saturated carbocycles. The lowest BCUT2D eigenvalue weighted by molar-refractivity contribution is -0.461. The Balaban J connectivity index is 1.67. The van der Waals surface area contributed by atoms with Crippen molar-refractivity contribution in [1.82, 2.24) is 5.32 Å². The molecule has 0 radical (unpaired) electrons. The number of hydrogen-bond acceptors (Lipinski definition) is 4. The minimum atomic E-state index is -4.94. The summed E-state index contributed by atoms with van der Waals surface area (Å²) < 4.78 is 102. The lowest BCUT2D eigenvalue weighted by Gasteiger charge is -2.30. The molecule has 1 aliphatic rings. The number of rotatable bonds is 4. The molecule has 0 aromatic heterocycles. The van der Waals surface area contributed by atoms with E-state index in [0.29, 0.717) is 6.07 Å². The highest BCUT2D eigenvalue weighted by Crippen LogP contribution is 2.46. The number of para-hydroxylation sites is 1. The number of carbonyl (C=O) groups excluding carboxylic acids is 1. The van der Waals surface area contributed by atoms with Crippen LogP contribution >= 0.6 is 0 Å². The molecule has 0 saturated heterocycles. The number of nitrogens with one attached hydrogen (secondary N) is 2. The van der Waals surface area contributed by atoms with E-state index < -0.39 is 48.4 Å². The fourth-order valence-corrected chi connectivity index (χ4v) is 2.50. The molecule has 3 rings (SSSR count). The Labute approximate surface area is 163 Å². The second-order valence-electron chi connectivity index (χ2n) is 5.86. The van der Waals surface area contributed by atoms with Gasteiger partial charge in [0.2, 0.25) is 0 Å². The topological polar surface area (TPSA) is 68.8 Å². The fourth-order valence-electron chi connectivity index (χ4n) is 2.50. The molecule has 0 aliphatic carbocycles. The van der Waals surface area contributed by atoms with Crippen molar-refractivity contribution in [2.45, 2.75) is 25.3 Å². The average Bonchev–Trinajstić information content (AvgIpc) is 2.59. The number of fused-ring (bicyclic) bond motifs is 1. The number of hydrogen-bond donors (Lipinski definition) is 2. The molecule has 0 fully saturated rings. The van der Waals surface area contributed by atoms with Crippen LogP contribution in [0.2, 0.25) is 0 Å². The first-order valence-corrected chi connectivity index (χ1v) is 8.02. The number of halogens is 7. The lowest BCUT2D eigenvalue weighted by Crippen LogP contribution is -2.41. The highest BCUT2D eigenvalue weighted by atomic mass is 19.4. The van der Waals surface area contributed by atoms with Crippen LogP contribution in [-0.2, 0) is 17.4 Å². The van der Waals surface area contributed by atoms with E-state index in [1.54, 1.807) is 0 Å². The second kappa shape index (κ2) is 7.55. The Hall–Kier alpha value is -3.22. The number of anilines is 1. The molecule has 30 heavy (non-hydrogen) atoms. The van der Waals surface area contributed by atoms with Crippen LogP contribution in [0.3, 0.4) is 0 Å². The zero-order valence-electron chi connectivity index (χ0n) is 14.5. The van der Waals surface area contributed by atoms with Crippen molar-refractivity contribution in [3.05, 3.63) is 53.6 Å². The summed E-state index contributed by atoms with van der Waals surface area (Å²) >= 11 is 0. The maximum absolute atomic E-state index is 13.7. The van der Waals surface area contributed by atoms with Crippen molar-refractivity contribution in [1.29, 1.82) is 0 Å². The van der Waals surface area contributed by atoms with Gasteiger partial charge in [0.1, 0.15) is 11.5 Å². The van der Waals surface area contributed by atoms with E-state index in [2.05, 4.69) is 24.8 Å². The minimum absolute atomic E-state index is 0.00835. The lowest BCUT2D eigenvalue weighted by atomic mass is 10.1. The summed E-state index contributed by atoms with van der Waals surface area (Å²) in [6.45, 7) is -0.391. The molecule has 2 amide bonds. The van der Waals surface area contributed by atoms with Crippen LogP contribution < -0.4 is 20.1 Å². The van der Waals surface area contributed by atoms with Crippen molar-refractivity contribution in [3.8, 4) is 11.5 Å². The van der Waals surface area contributed by atoms with E-state index in [9.17, 15) is 35.5 Å². The van der Waals surface area contributed by atoms with Gasteiger partial charge in [-0.15, -0.1) is 22.0 Å². The third kappa shape index (κ3) is 5.23. The molecule has 2 aromatic rings. The number of carbonyl (C=O) groups is 1. The van der Waals surface area contributed by atoms with Gasteiger partial charge in [-0.1, -0.05) is 18.2 Å². The van der Waals surface area contributed by atoms with Crippen molar-refractivity contribution in [3.63, 3.8) is 0 Å². The van der Waals surface area contributed by atoms with Gasteiger partial charge in [-0.25, -0.2) is 9.53 Å². The second-order valence-corrected chi connectivity index (χ2v) is 5.86. The molecule has 0 unspecified atom stereocenters. The summed E-state index contributed by atoms with van der Waals surface area (Å²) in [5.74, 6) is -1.38. The molecule has 0 bridgehead atoms. The van der Waals surface area contributed by atoms with Crippen LogP contribution in [0.5, 0.6) is 11.5 Å². The zero-order chi connectivity index (χ0) is 22.2. The molecule has 2 aromatic carbocycles. The molecule has 13 heteroatoms. The maximum Gasteiger partial charge on any atom is 0.573 e. The predicted molar refractivity (Wildman–Crippen MR) is 86.0 cm³/mol. The van der Waals surface area contributed by atoms with Crippen LogP contribution in [0.1, 0.15) is 11.1 Å². The largest absolute Gasteiger partial charge is 0.573 e. The quantitative estimate of drug-likeness (QED) is 0.663. The first kappa shape index (κ1) is 21.5. The number of urea groups is 1. The van der Waals surface area contributed by atoms with E-state index in [-0.39, 0.29) is 11.3 Å². The number of alkyl halides is 7. The van der Waals surface area contributed by atoms with Crippen molar-refractivity contribution >= 4 is 11.7 Å². The van der Waals surface area contributed by atoms with Gasteiger partial charge in [0, 0.05) is 17.8 Å². The Kier molecular flexibility index (Phi) is 5.41. The predicted octanol–water partition coefficient (Wildman–Crippen LogP) is 4.92. The van der Waals surface area contributed by atoms with Gasteiger partial charge in [0.05, 0.1) is 5.56 Å². The standard InChI is InChI=1S/C17H11F7N2O4/c18-15(19)11-7-10(5-6-13(11)29-17(23,24)30-15)26-14(27)25-8-9-3-1-2-4-12(9)28-16(20,21)22/h1-7H,8H2,(H2,25,26,27). The highest BCUT2D eigenvalue weighted by Gasteiger charge is 2.54. The van der Waals surface area contributed by atoms with Crippen molar-refractivity contribution < 1.29 is 49.7 Å². The molecule has 1 aliphatic heterocycles. The first-order chi connectivity index (χ1) is 13.8. The van der Waals surface area contributed by atoms with Crippen LogP contribution in [-0.4, -0.2) is 18.7 Å². The summed E-state index contributed by atoms with van der Waals surface area (Å²) in [5, 5.41) is 4.36. The third-order valence-corrected chi connectivity index (χ3v) is 3.66. The van der Waals surface area contributed by atoms with Gasteiger partial charge in [-0.3, -0.25) is 0 Å². The van der Waals surface area contributed by atoms with Crippen molar-refractivity contribution in [2.24, 2.45) is 0 Å².